The van der Waals surface area contributed by atoms with Gasteiger partial charge in [0, 0.05) is 44.5 Å². The lowest BCUT2D eigenvalue weighted by molar-refractivity contribution is -0.116. The molecule has 1 fully saturated rings. The van der Waals surface area contributed by atoms with Crippen molar-refractivity contribution in [2.24, 2.45) is 0 Å². The number of pyridine rings is 1. The van der Waals surface area contributed by atoms with Crippen molar-refractivity contribution in [3.8, 4) is 11.5 Å². The van der Waals surface area contributed by atoms with E-state index < -0.39 is 0 Å². The number of carbonyl (C=O) groups excluding carboxylic acids is 1. The highest BCUT2D eigenvalue weighted by molar-refractivity contribution is 5.90. The molecular weight excluding hydrogens is 396 g/mol. The fourth-order valence-electron chi connectivity index (χ4n) is 3.38. The summed E-state index contributed by atoms with van der Waals surface area (Å²) in [7, 11) is 0. The van der Waals surface area contributed by atoms with Crippen molar-refractivity contribution in [2.45, 2.75) is 19.9 Å². The largest absolute Gasteiger partial charge is 0.379 e. The molecular formula is C22H26N6O3. The number of benzene rings is 1. The van der Waals surface area contributed by atoms with Crippen LogP contribution in [0.3, 0.4) is 0 Å². The molecule has 3 heterocycles. The van der Waals surface area contributed by atoms with Gasteiger partial charge < -0.3 is 19.9 Å². The molecule has 1 amide bonds. The van der Waals surface area contributed by atoms with Gasteiger partial charge in [-0.25, -0.2) is 4.98 Å². The number of rotatable bonds is 8. The summed E-state index contributed by atoms with van der Waals surface area (Å²) in [5.41, 5.74) is 2.54. The van der Waals surface area contributed by atoms with Crippen molar-refractivity contribution >= 4 is 17.4 Å². The zero-order valence-corrected chi connectivity index (χ0v) is 17.5. The van der Waals surface area contributed by atoms with Gasteiger partial charge in [-0.15, -0.1) is 0 Å². The summed E-state index contributed by atoms with van der Waals surface area (Å²) in [4.78, 5) is 23.3. The lowest BCUT2D eigenvalue weighted by atomic mass is 10.2. The van der Waals surface area contributed by atoms with Crippen molar-refractivity contribution in [1.29, 1.82) is 0 Å². The van der Waals surface area contributed by atoms with E-state index in [0.717, 1.165) is 49.7 Å². The molecule has 0 aliphatic carbocycles. The minimum atomic E-state index is 0.00961. The van der Waals surface area contributed by atoms with E-state index in [2.05, 4.69) is 30.7 Å². The van der Waals surface area contributed by atoms with Crippen LogP contribution in [0.2, 0.25) is 0 Å². The van der Waals surface area contributed by atoms with Gasteiger partial charge in [-0.1, -0.05) is 17.3 Å². The van der Waals surface area contributed by atoms with Crippen LogP contribution in [0.25, 0.3) is 11.5 Å². The first-order valence-corrected chi connectivity index (χ1v) is 10.4. The molecule has 1 aliphatic rings. The number of ether oxygens (including phenoxy) is 1. The number of nitrogens with one attached hydrogen (secondary N) is 2. The molecule has 0 atom stereocenters. The highest BCUT2D eigenvalue weighted by atomic mass is 16.5. The van der Waals surface area contributed by atoms with Crippen molar-refractivity contribution in [2.75, 3.05) is 43.5 Å². The van der Waals surface area contributed by atoms with E-state index in [1.165, 1.54) is 0 Å². The Hall–Kier alpha value is -3.30. The second kappa shape index (κ2) is 10.1. The predicted molar refractivity (Wildman–Crippen MR) is 117 cm³/mol. The Morgan fingerprint density at radius 2 is 2.06 bits per heavy atom. The first-order valence-electron chi connectivity index (χ1n) is 10.4. The van der Waals surface area contributed by atoms with Crippen LogP contribution in [-0.4, -0.2) is 58.8 Å². The summed E-state index contributed by atoms with van der Waals surface area (Å²) in [6, 6.07) is 11.5. The predicted octanol–water partition coefficient (Wildman–Crippen LogP) is 2.71. The summed E-state index contributed by atoms with van der Waals surface area (Å²) >= 11 is 0. The first-order chi connectivity index (χ1) is 15.2. The standard InChI is InChI=1S/C22H26N6O3/c1-16-25-22(31-27-16)19-6-3-8-23-21(19)24-15-17-4-2-5-18(14-17)26-20(29)7-9-28-10-12-30-13-11-28/h2-6,8,14H,7,9-13,15H2,1H3,(H,23,24)(H,26,29). The van der Waals surface area contributed by atoms with Crippen LogP contribution in [0.1, 0.15) is 17.8 Å². The summed E-state index contributed by atoms with van der Waals surface area (Å²) in [5, 5.41) is 10.1. The summed E-state index contributed by atoms with van der Waals surface area (Å²) in [6.45, 7) is 6.29. The van der Waals surface area contributed by atoms with Crippen LogP contribution < -0.4 is 10.6 Å². The Morgan fingerprint density at radius 1 is 1.19 bits per heavy atom. The van der Waals surface area contributed by atoms with Gasteiger partial charge in [-0.3, -0.25) is 9.69 Å². The Bertz CT molecular complexity index is 1020. The van der Waals surface area contributed by atoms with E-state index in [0.29, 0.717) is 30.5 Å². The summed E-state index contributed by atoms with van der Waals surface area (Å²) < 4.78 is 10.6. The SMILES string of the molecule is Cc1noc(-c2cccnc2NCc2cccc(NC(=O)CCN3CCOCC3)c2)n1. The minimum absolute atomic E-state index is 0.00961. The molecule has 0 spiro atoms. The second-order valence-corrected chi connectivity index (χ2v) is 7.35. The molecule has 1 aliphatic heterocycles. The Balaban J connectivity index is 1.33. The van der Waals surface area contributed by atoms with Gasteiger partial charge >= 0.3 is 0 Å². The quantitative estimate of drug-likeness (QED) is 0.571. The Kier molecular flexibility index (Phi) is 6.85. The van der Waals surface area contributed by atoms with E-state index in [1.54, 1.807) is 13.1 Å². The fraction of sp³-hybridized carbons (Fsp3) is 0.364. The summed E-state index contributed by atoms with van der Waals surface area (Å²) in [5.74, 6) is 1.66. The van der Waals surface area contributed by atoms with E-state index in [9.17, 15) is 4.79 Å². The lowest BCUT2D eigenvalue weighted by Crippen LogP contribution is -2.38. The summed E-state index contributed by atoms with van der Waals surface area (Å²) in [6.07, 6.45) is 2.17. The maximum absolute atomic E-state index is 12.3. The Labute approximate surface area is 180 Å². The highest BCUT2D eigenvalue weighted by Crippen LogP contribution is 2.25. The van der Waals surface area contributed by atoms with Gasteiger partial charge in [0.1, 0.15) is 5.82 Å². The molecule has 9 heteroatoms. The first kappa shape index (κ1) is 21.0. The van der Waals surface area contributed by atoms with Gasteiger partial charge in [0.25, 0.3) is 5.89 Å². The normalized spacial score (nSPS) is 14.4. The van der Waals surface area contributed by atoms with Gasteiger partial charge in [0.05, 0.1) is 18.8 Å². The smallest absolute Gasteiger partial charge is 0.261 e. The third kappa shape index (κ3) is 5.87. The van der Waals surface area contributed by atoms with Gasteiger partial charge in [0.2, 0.25) is 5.91 Å². The number of amides is 1. The number of nitrogens with zero attached hydrogens (tertiary/aromatic N) is 4. The molecule has 3 aromatic rings. The molecule has 4 rings (SSSR count). The van der Waals surface area contributed by atoms with E-state index in [1.807, 2.05) is 36.4 Å². The number of carbonyl (C=O) groups is 1. The van der Waals surface area contributed by atoms with Crippen molar-refractivity contribution in [1.82, 2.24) is 20.0 Å². The molecule has 2 aromatic heterocycles. The van der Waals surface area contributed by atoms with Crippen LogP contribution in [0, 0.1) is 6.92 Å². The average Bonchev–Trinajstić information content (AvgIpc) is 3.23. The third-order valence-electron chi connectivity index (χ3n) is 5.00. The second-order valence-electron chi connectivity index (χ2n) is 7.35. The lowest BCUT2D eigenvalue weighted by Gasteiger charge is -2.26. The van der Waals surface area contributed by atoms with Crippen molar-refractivity contribution in [3.05, 3.63) is 54.0 Å². The molecule has 0 unspecified atom stereocenters. The van der Waals surface area contributed by atoms with Crippen molar-refractivity contribution in [3.63, 3.8) is 0 Å². The van der Waals surface area contributed by atoms with Crippen molar-refractivity contribution < 1.29 is 14.1 Å². The Morgan fingerprint density at radius 3 is 2.87 bits per heavy atom. The zero-order valence-electron chi connectivity index (χ0n) is 17.5. The fourth-order valence-corrected chi connectivity index (χ4v) is 3.38. The maximum atomic E-state index is 12.3. The van der Waals surface area contributed by atoms with Gasteiger partial charge in [0.15, 0.2) is 5.82 Å². The number of anilines is 2. The number of hydrogen-bond acceptors (Lipinski definition) is 8. The molecule has 0 bridgehead atoms. The molecule has 0 saturated carbocycles. The van der Waals surface area contributed by atoms with E-state index in [4.69, 9.17) is 9.26 Å². The minimum Gasteiger partial charge on any atom is -0.379 e. The number of hydrogen-bond donors (Lipinski definition) is 2. The van der Waals surface area contributed by atoms with E-state index in [-0.39, 0.29) is 5.91 Å². The average molecular weight is 422 g/mol. The maximum Gasteiger partial charge on any atom is 0.261 e. The van der Waals surface area contributed by atoms with E-state index >= 15 is 0 Å². The van der Waals surface area contributed by atoms with Crippen LogP contribution in [0.15, 0.2) is 47.1 Å². The number of aryl methyl sites for hydroxylation is 1. The molecule has 1 saturated heterocycles. The van der Waals surface area contributed by atoms with Gasteiger partial charge in [-0.05, 0) is 36.8 Å². The zero-order chi connectivity index (χ0) is 21.5. The molecule has 2 N–H and O–H groups in total. The van der Waals surface area contributed by atoms with Crippen LogP contribution in [-0.2, 0) is 16.1 Å². The third-order valence-corrected chi connectivity index (χ3v) is 5.00. The highest BCUT2D eigenvalue weighted by Gasteiger charge is 2.13. The number of aromatic nitrogens is 3. The van der Waals surface area contributed by atoms with Crippen LogP contribution >= 0.6 is 0 Å². The number of morpholine rings is 1. The molecule has 162 valence electrons. The van der Waals surface area contributed by atoms with Gasteiger partial charge in [-0.2, -0.15) is 4.98 Å². The molecule has 31 heavy (non-hydrogen) atoms. The topological polar surface area (TPSA) is 105 Å². The monoisotopic (exact) mass is 422 g/mol. The molecule has 0 radical (unpaired) electrons. The van der Waals surface area contributed by atoms with Crippen LogP contribution in [0.4, 0.5) is 11.5 Å². The molecule has 1 aromatic carbocycles. The molecule has 9 nitrogen and oxygen atoms in total. The van der Waals surface area contributed by atoms with Crippen LogP contribution in [0.5, 0.6) is 0 Å².